The predicted molar refractivity (Wildman–Crippen MR) is 138 cm³/mol. The van der Waals surface area contributed by atoms with Crippen LogP contribution in [0.1, 0.15) is 44.3 Å². The Morgan fingerprint density at radius 1 is 0.750 bits per heavy atom. The van der Waals surface area contributed by atoms with Crippen LogP contribution in [0.3, 0.4) is 0 Å². The average molecular weight is 515 g/mol. The smallest absolute Gasteiger partial charge is 0.272 e. The maximum atomic E-state index is 12.9. The molecule has 4 N–H and O–H groups in total. The van der Waals surface area contributed by atoms with Gasteiger partial charge >= 0.3 is 0 Å². The molecule has 0 spiro atoms. The highest BCUT2D eigenvalue weighted by Crippen LogP contribution is 2.19. The zero-order chi connectivity index (χ0) is 26.4. The van der Waals surface area contributed by atoms with Gasteiger partial charge in [-0.25, -0.2) is 0 Å². The zero-order valence-corrected chi connectivity index (χ0v) is 21.1. The molecule has 4 amide bonds. The molecule has 0 fully saturated rings. The minimum Gasteiger partial charge on any atom is -0.351 e. The predicted octanol–water partition coefficient (Wildman–Crippen LogP) is 2.73. The molecule has 3 aromatic heterocycles. The van der Waals surface area contributed by atoms with Gasteiger partial charge in [0, 0.05) is 58.6 Å². The molecule has 3 heterocycles. The van der Waals surface area contributed by atoms with Crippen molar-refractivity contribution in [2.75, 3.05) is 28.4 Å². The second kappa shape index (κ2) is 11.6. The average Bonchev–Trinajstić information content (AvgIpc) is 3.48. The lowest BCUT2D eigenvalue weighted by atomic mass is 10.3. The monoisotopic (exact) mass is 514 g/mol. The molecule has 0 aliphatic rings. The Morgan fingerprint density at radius 2 is 1.17 bits per heavy atom. The van der Waals surface area contributed by atoms with Crippen molar-refractivity contribution < 1.29 is 19.2 Å². The molecule has 3 aromatic rings. The van der Waals surface area contributed by atoms with Crippen LogP contribution in [-0.2, 0) is 25.9 Å². The summed E-state index contributed by atoms with van der Waals surface area (Å²) in [7, 11) is 5.08. The van der Waals surface area contributed by atoms with E-state index in [2.05, 4.69) is 28.2 Å². The molecule has 12 heteroatoms. The minimum atomic E-state index is -0.408. The number of anilines is 3. The Bertz CT molecular complexity index is 1290. The number of alkyl halides is 1. The summed E-state index contributed by atoms with van der Waals surface area (Å²) in [5, 5.41) is 11.0. The number of carbonyl (C=O) groups excluding carboxylic acids is 4. The fourth-order valence-electron chi connectivity index (χ4n) is 3.57. The highest BCUT2D eigenvalue weighted by Gasteiger charge is 2.18. The zero-order valence-electron chi connectivity index (χ0n) is 20.4. The van der Waals surface area contributed by atoms with E-state index in [4.69, 9.17) is 11.6 Å². The Balaban J connectivity index is 1.67. The summed E-state index contributed by atoms with van der Waals surface area (Å²) in [5.74, 6) is -1.11. The number of rotatable bonds is 10. The van der Waals surface area contributed by atoms with Gasteiger partial charge in [-0.15, -0.1) is 11.6 Å². The molecule has 191 valence electrons. The first-order valence-corrected chi connectivity index (χ1v) is 11.7. The normalized spacial score (nSPS) is 10.7. The number of aromatic nitrogens is 3. The Hall–Kier alpha value is -3.99. The third-order valence-electron chi connectivity index (χ3n) is 5.30. The highest BCUT2D eigenvalue weighted by molar-refractivity contribution is 6.19. The van der Waals surface area contributed by atoms with Crippen LogP contribution >= 0.6 is 11.6 Å². The van der Waals surface area contributed by atoms with Gasteiger partial charge in [0.2, 0.25) is 5.91 Å². The topological polar surface area (TPSA) is 131 Å². The summed E-state index contributed by atoms with van der Waals surface area (Å²) < 4.78 is 4.79. The number of halogens is 1. The third kappa shape index (κ3) is 6.36. The maximum Gasteiger partial charge on any atom is 0.272 e. The summed E-state index contributed by atoms with van der Waals surface area (Å²) in [6.07, 6.45) is 5.62. The van der Waals surface area contributed by atoms with Crippen LogP contribution in [0, 0.1) is 6.92 Å². The van der Waals surface area contributed by atoms with E-state index in [0.29, 0.717) is 47.1 Å². The number of carbonyl (C=O) groups is 4. The fraction of sp³-hybridized carbons (Fsp3) is 0.292. The molecule has 0 unspecified atom stereocenters. The van der Waals surface area contributed by atoms with E-state index in [1.165, 1.54) is 0 Å². The van der Waals surface area contributed by atoms with Crippen molar-refractivity contribution in [2.24, 2.45) is 21.1 Å². The summed E-state index contributed by atoms with van der Waals surface area (Å²) >= 11 is 5.58. The summed E-state index contributed by atoms with van der Waals surface area (Å²) in [4.78, 5) is 49.7. The molecule has 0 saturated heterocycles. The van der Waals surface area contributed by atoms with Crippen LogP contribution in [0.15, 0.2) is 36.8 Å². The molecule has 0 aliphatic carbocycles. The standard InChI is InChI=1S/C24H29ClN7O4/c1-5-8-26-22(34)18-10-16(13-30(18)2)28-24(36)20-11-17(14-32(20)4)29-23(35)19-9-15(12-31(19)3)27-21(33)6-7-25/h9-14H,1,5-8H2,2-4H3,(H,26,34)(H,27,33)(H,28,36)(H,29,35). The molecular weight excluding hydrogens is 486 g/mol. The van der Waals surface area contributed by atoms with Crippen LogP contribution in [0.5, 0.6) is 0 Å². The van der Waals surface area contributed by atoms with Crippen molar-refractivity contribution in [2.45, 2.75) is 12.8 Å². The van der Waals surface area contributed by atoms with Crippen LogP contribution in [-0.4, -0.2) is 49.8 Å². The molecule has 0 atom stereocenters. The van der Waals surface area contributed by atoms with Gasteiger partial charge in [0.25, 0.3) is 17.7 Å². The lowest BCUT2D eigenvalue weighted by Crippen LogP contribution is -2.25. The van der Waals surface area contributed by atoms with Crippen LogP contribution in [0.25, 0.3) is 0 Å². The maximum absolute atomic E-state index is 12.9. The lowest BCUT2D eigenvalue weighted by molar-refractivity contribution is -0.115. The number of hydrogen-bond acceptors (Lipinski definition) is 4. The summed E-state index contributed by atoms with van der Waals surface area (Å²) in [6, 6.07) is 4.68. The van der Waals surface area contributed by atoms with Crippen molar-refractivity contribution in [3.8, 4) is 0 Å². The van der Waals surface area contributed by atoms with Gasteiger partial charge in [0.15, 0.2) is 0 Å². The summed E-state index contributed by atoms with van der Waals surface area (Å²) in [5.41, 5.74) is 2.38. The first kappa shape index (κ1) is 26.6. The minimum absolute atomic E-state index is 0.168. The van der Waals surface area contributed by atoms with Crippen molar-refractivity contribution in [3.63, 3.8) is 0 Å². The second-order valence-corrected chi connectivity index (χ2v) is 8.56. The summed E-state index contributed by atoms with van der Waals surface area (Å²) in [6.45, 7) is 4.15. The molecule has 0 bridgehead atoms. The van der Waals surface area contributed by atoms with Gasteiger partial charge in [-0.3, -0.25) is 19.2 Å². The van der Waals surface area contributed by atoms with Crippen molar-refractivity contribution in [3.05, 3.63) is 60.8 Å². The molecule has 0 saturated carbocycles. The van der Waals surface area contributed by atoms with Gasteiger partial charge in [-0.2, -0.15) is 0 Å². The van der Waals surface area contributed by atoms with E-state index in [0.717, 1.165) is 0 Å². The van der Waals surface area contributed by atoms with E-state index >= 15 is 0 Å². The number of hydrogen-bond donors (Lipinski definition) is 4. The molecule has 36 heavy (non-hydrogen) atoms. The van der Waals surface area contributed by atoms with Crippen LogP contribution < -0.4 is 21.3 Å². The van der Waals surface area contributed by atoms with E-state index in [9.17, 15) is 19.2 Å². The van der Waals surface area contributed by atoms with Crippen molar-refractivity contribution in [1.82, 2.24) is 19.0 Å². The first-order valence-electron chi connectivity index (χ1n) is 11.2. The fourth-order valence-corrected chi connectivity index (χ4v) is 3.74. The van der Waals surface area contributed by atoms with Crippen LogP contribution in [0.2, 0.25) is 0 Å². The van der Waals surface area contributed by atoms with Gasteiger partial charge in [-0.05, 0) is 24.6 Å². The Labute approximate surface area is 213 Å². The third-order valence-corrected chi connectivity index (χ3v) is 5.49. The number of nitrogens with one attached hydrogen (secondary N) is 4. The molecular formula is C24H29ClN7O4. The quantitative estimate of drug-likeness (QED) is 0.310. The Kier molecular flexibility index (Phi) is 8.59. The molecule has 1 radical (unpaired) electrons. The molecule has 0 aliphatic heterocycles. The number of nitrogens with zero attached hydrogens (tertiary/aromatic N) is 3. The van der Waals surface area contributed by atoms with Gasteiger partial charge in [-0.1, -0.05) is 6.92 Å². The van der Waals surface area contributed by atoms with Crippen LogP contribution in [0.4, 0.5) is 17.1 Å². The number of amides is 4. The largest absolute Gasteiger partial charge is 0.351 e. The molecule has 3 rings (SSSR count). The van der Waals surface area contributed by atoms with Crippen molar-refractivity contribution >= 4 is 52.3 Å². The number of aryl methyl sites for hydroxylation is 3. The highest BCUT2D eigenvalue weighted by atomic mass is 35.5. The van der Waals surface area contributed by atoms with Crippen molar-refractivity contribution in [1.29, 1.82) is 0 Å². The lowest BCUT2D eigenvalue weighted by Gasteiger charge is -2.03. The first-order chi connectivity index (χ1) is 17.1. The van der Waals surface area contributed by atoms with E-state index in [1.807, 2.05) is 0 Å². The second-order valence-electron chi connectivity index (χ2n) is 8.18. The van der Waals surface area contributed by atoms with E-state index < -0.39 is 11.8 Å². The molecule has 0 aromatic carbocycles. The molecule has 11 nitrogen and oxygen atoms in total. The van der Waals surface area contributed by atoms with Gasteiger partial charge in [0.1, 0.15) is 17.1 Å². The van der Waals surface area contributed by atoms with E-state index in [-0.39, 0.29) is 24.1 Å². The SMILES string of the molecule is [CH2]CCNC(=O)c1cc(NC(=O)c2cc(NC(=O)c3cc(NC(=O)CCCl)cn3C)cn2C)cn1C. The Morgan fingerprint density at radius 3 is 1.58 bits per heavy atom. The van der Waals surface area contributed by atoms with E-state index in [1.54, 1.807) is 71.6 Å². The van der Waals surface area contributed by atoms with Gasteiger partial charge < -0.3 is 35.0 Å². The van der Waals surface area contributed by atoms with Gasteiger partial charge in [0.05, 0.1) is 17.1 Å².